The first-order valence-electron chi connectivity index (χ1n) is 11.2. The molecule has 4 rings (SSSR count). The highest BCUT2D eigenvalue weighted by molar-refractivity contribution is 7.15. The molecule has 0 atom stereocenters. The number of aromatic nitrogens is 1. The summed E-state index contributed by atoms with van der Waals surface area (Å²) in [7, 11) is 0. The summed E-state index contributed by atoms with van der Waals surface area (Å²) in [5.41, 5.74) is 3.84. The van der Waals surface area contributed by atoms with Crippen LogP contribution in [0.15, 0.2) is 24.3 Å². The third-order valence-electron chi connectivity index (χ3n) is 5.99. The van der Waals surface area contributed by atoms with E-state index >= 15 is 0 Å². The maximum absolute atomic E-state index is 12.1. The Morgan fingerprint density at radius 2 is 1.97 bits per heavy atom. The number of nitrogens with zero attached hydrogens (tertiary/aromatic N) is 3. The number of nitrogens with one attached hydrogen (secondary N) is 2. The smallest absolute Gasteiger partial charge is 0.321 e. The van der Waals surface area contributed by atoms with Crippen LogP contribution in [0.4, 0.5) is 15.6 Å². The van der Waals surface area contributed by atoms with Crippen LogP contribution in [0.1, 0.15) is 41.8 Å². The van der Waals surface area contributed by atoms with Gasteiger partial charge in [0.05, 0.1) is 5.69 Å². The molecule has 7 heteroatoms. The van der Waals surface area contributed by atoms with Gasteiger partial charge in [0, 0.05) is 43.3 Å². The molecule has 1 fully saturated rings. The normalized spacial score (nSPS) is 16.9. The number of carbonyl (C=O) groups is 1. The van der Waals surface area contributed by atoms with E-state index in [4.69, 9.17) is 0 Å². The molecular formula is C23H33N5OS. The third kappa shape index (κ3) is 5.73. The number of amides is 2. The minimum Gasteiger partial charge on any atom is -0.369 e. The zero-order valence-corrected chi connectivity index (χ0v) is 18.8. The van der Waals surface area contributed by atoms with Crippen molar-refractivity contribution in [3.05, 3.63) is 40.4 Å². The minimum absolute atomic E-state index is 0.132. The van der Waals surface area contributed by atoms with Gasteiger partial charge in [-0.05, 0) is 69.7 Å². The summed E-state index contributed by atoms with van der Waals surface area (Å²) in [6.07, 6.45) is 6.71. The molecule has 2 aromatic rings. The molecule has 2 heterocycles. The van der Waals surface area contributed by atoms with E-state index in [1.165, 1.54) is 34.7 Å². The van der Waals surface area contributed by atoms with Crippen LogP contribution < -0.4 is 15.5 Å². The number of urea groups is 1. The first-order chi connectivity index (χ1) is 14.7. The molecule has 2 N–H and O–H groups in total. The van der Waals surface area contributed by atoms with Crippen LogP contribution in [0.5, 0.6) is 0 Å². The van der Waals surface area contributed by atoms with E-state index in [1.807, 2.05) is 0 Å². The molecular weight excluding hydrogens is 394 g/mol. The summed E-state index contributed by atoms with van der Waals surface area (Å²) in [5, 5.41) is 6.62. The van der Waals surface area contributed by atoms with Gasteiger partial charge < -0.3 is 10.2 Å². The van der Waals surface area contributed by atoms with Crippen molar-refractivity contribution in [2.24, 2.45) is 0 Å². The first kappa shape index (κ1) is 21.1. The largest absolute Gasteiger partial charge is 0.369 e. The van der Waals surface area contributed by atoms with Crippen LogP contribution in [0.2, 0.25) is 0 Å². The molecule has 0 saturated carbocycles. The molecule has 1 aliphatic carbocycles. The fourth-order valence-electron chi connectivity index (χ4n) is 4.26. The Hall–Kier alpha value is -2.12. The lowest BCUT2D eigenvalue weighted by Crippen LogP contribution is -2.46. The zero-order valence-electron chi connectivity index (χ0n) is 18.0. The van der Waals surface area contributed by atoms with Gasteiger partial charge in [-0.3, -0.25) is 10.2 Å². The highest BCUT2D eigenvalue weighted by Gasteiger charge is 2.17. The van der Waals surface area contributed by atoms with Crippen molar-refractivity contribution < 1.29 is 4.79 Å². The van der Waals surface area contributed by atoms with Crippen LogP contribution in [-0.2, 0) is 12.8 Å². The number of hydrogen-bond donors (Lipinski definition) is 2. The van der Waals surface area contributed by atoms with Gasteiger partial charge in [0.2, 0.25) is 0 Å². The van der Waals surface area contributed by atoms with E-state index < -0.39 is 0 Å². The number of piperazine rings is 1. The van der Waals surface area contributed by atoms with Crippen molar-refractivity contribution in [1.82, 2.24) is 15.2 Å². The maximum atomic E-state index is 12.1. The number of unbranched alkanes of at least 4 members (excludes halogenated alkanes) is 1. The molecule has 0 bridgehead atoms. The quantitative estimate of drug-likeness (QED) is 0.655. The lowest BCUT2D eigenvalue weighted by Gasteiger charge is -2.36. The number of fused-ring (bicyclic) bond motifs is 1. The molecule has 0 spiro atoms. The Kier molecular flexibility index (Phi) is 7.23. The summed E-state index contributed by atoms with van der Waals surface area (Å²) >= 11 is 1.63. The minimum atomic E-state index is -0.132. The van der Waals surface area contributed by atoms with Gasteiger partial charge in [0.25, 0.3) is 0 Å². The van der Waals surface area contributed by atoms with E-state index in [2.05, 4.69) is 56.6 Å². The van der Waals surface area contributed by atoms with Gasteiger partial charge in [0.15, 0.2) is 5.13 Å². The molecule has 1 aromatic carbocycles. The predicted octanol–water partition coefficient (Wildman–Crippen LogP) is 4.05. The van der Waals surface area contributed by atoms with Crippen LogP contribution in [0.25, 0.3) is 0 Å². The monoisotopic (exact) mass is 427 g/mol. The van der Waals surface area contributed by atoms with E-state index in [0.717, 1.165) is 63.5 Å². The Morgan fingerprint density at radius 3 is 2.77 bits per heavy atom. The van der Waals surface area contributed by atoms with Crippen LogP contribution >= 0.6 is 11.3 Å². The fourth-order valence-corrected chi connectivity index (χ4v) is 5.31. The molecule has 6 nitrogen and oxygen atoms in total. The highest BCUT2D eigenvalue weighted by Crippen LogP contribution is 2.29. The van der Waals surface area contributed by atoms with Gasteiger partial charge in [-0.1, -0.05) is 12.1 Å². The van der Waals surface area contributed by atoms with Crippen molar-refractivity contribution in [2.45, 2.75) is 45.4 Å². The zero-order chi connectivity index (χ0) is 20.8. The van der Waals surface area contributed by atoms with Crippen molar-refractivity contribution in [3.63, 3.8) is 0 Å². The van der Waals surface area contributed by atoms with Crippen molar-refractivity contribution in [1.29, 1.82) is 0 Å². The Labute approximate surface area is 183 Å². The standard InChI is InChI=1S/C23H33N5OS/c1-18-7-6-8-19(17-18)28-15-13-27(14-16-28)12-5-4-11-24-22(29)26-23-25-20-9-2-3-10-21(20)30-23/h6-8,17H,2-5,9-16H2,1H3,(H2,24,25,26,29). The van der Waals surface area contributed by atoms with E-state index in [-0.39, 0.29) is 6.03 Å². The summed E-state index contributed by atoms with van der Waals surface area (Å²) in [6.45, 7) is 8.35. The second-order valence-electron chi connectivity index (χ2n) is 8.35. The second kappa shape index (κ2) is 10.3. The van der Waals surface area contributed by atoms with Crippen molar-refractivity contribution >= 4 is 28.2 Å². The topological polar surface area (TPSA) is 60.5 Å². The Morgan fingerprint density at radius 1 is 1.13 bits per heavy atom. The number of benzene rings is 1. The van der Waals surface area contributed by atoms with E-state index in [1.54, 1.807) is 11.3 Å². The second-order valence-corrected chi connectivity index (χ2v) is 9.44. The van der Waals surface area contributed by atoms with Crippen LogP contribution in [0, 0.1) is 6.92 Å². The molecule has 2 amide bonds. The lowest BCUT2D eigenvalue weighted by atomic mass is 10.0. The molecule has 1 aromatic heterocycles. The molecule has 1 saturated heterocycles. The number of rotatable bonds is 7. The van der Waals surface area contributed by atoms with Crippen LogP contribution in [0.3, 0.4) is 0 Å². The maximum Gasteiger partial charge on any atom is 0.321 e. The van der Waals surface area contributed by atoms with E-state index in [9.17, 15) is 4.79 Å². The average Bonchev–Trinajstić information content (AvgIpc) is 3.16. The molecule has 1 aliphatic heterocycles. The van der Waals surface area contributed by atoms with Gasteiger partial charge in [-0.15, -0.1) is 11.3 Å². The number of hydrogen-bond acceptors (Lipinski definition) is 5. The summed E-state index contributed by atoms with van der Waals surface area (Å²) < 4.78 is 0. The van der Waals surface area contributed by atoms with Gasteiger partial charge in [-0.2, -0.15) is 0 Å². The Bertz CT molecular complexity index is 820. The molecule has 2 aliphatic rings. The summed E-state index contributed by atoms with van der Waals surface area (Å²) in [6, 6.07) is 8.64. The lowest BCUT2D eigenvalue weighted by molar-refractivity contribution is 0.247. The number of carbonyl (C=O) groups excluding carboxylic acids is 1. The Balaban J connectivity index is 1.08. The van der Waals surface area contributed by atoms with Crippen molar-refractivity contribution in [2.75, 3.05) is 49.5 Å². The number of thiazole rings is 1. The summed E-state index contributed by atoms with van der Waals surface area (Å²) in [4.78, 5) is 23.0. The molecule has 162 valence electrons. The average molecular weight is 428 g/mol. The predicted molar refractivity (Wildman–Crippen MR) is 125 cm³/mol. The molecule has 0 radical (unpaired) electrons. The van der Waals surface area contributed by atoms with Gasteiger partial charge >= 0.3 is 6.03 Å². The molecule has 0 unspecified atom stereocenters. The van der Waals surface area contributed by atoms with Crippen molar-refractivity contribution in [3.8, 4) is 0 Å². The molecule has 30 heavy (non-hydrogen) atoms. The third-order valence-corrected chi connectivity index (χ3v) is 7.06. The fraction of sp³-hybridized carbons (Fsp3) is 0.565. The van der Waals surface area contributed by atoms with Gasteiger partial charge in [-0.25, -0.2) is 9.78 Å². The highest BCUT2D eigenvalue weighted by atomic mass is 32.1. The van der Waals surface area contributed by atoms with Crippen LogP contribution in [-0.4, -0.2) is 55.2 Å². The number of aryl methyl sites for hydroxylation is 3. The summed E-state index contributed by atoms with van der Waals surface area (Å²) in [5.74, 6) is 0. The number of anilines is 2. The van der Waals surface area contributed by atoms with Gasteiger partial charge in [0.1, 0.15) is 0 Å². The SMILES string of the molecule is Cc1cccc(N2CCN(CCCCNC(=O)Nc3nc4c(s3)CCCC4)CC2)c1. The van der Waals surface area contributed by atoms with E-state index in [0.29, 0.717) is 6.54 Å². The first-order valence-corrected chi connectivity index (χ1v) is 12.1.